The van der Waals surface area contributed by atoms with Crippen LogP contribution in [0.1, 0.15) is 17.3 Å². The Labute approximate surface area is 104 Å². The third kappa shape index (κ3) is 3.65. The normalized spacial score (nSPS) is 12.2. The van der Waals surface area contributed by atoms with E-state index in [2.05, 4.69) is 5.32 Å². The molecule has 16 heavy (non-hydrogen) atoms. The van der Waals surface area contributed by atoms with Gasteiger partial charge >= 0.3 is 0 Å². The van der Waals surface area contributed by atoms with E-state index in [1.807, 2.05) is 6.92 Å². The van der Waals surface area contributed by atoms with Gasteiger partial charge in [-0.25, -0.2) is 4.39 Å². The van der Waals surface area contributed by atoms with Gasteiger partial charge in [-0.3, -0.25) is 4.79 Å². The summed E-state index contributed by atoms with van der Waals surface area (Å²) >= 11 is 11.1. The number of rotatable bonds is 4. The number of hydrogen-bond acceptors (Lipinski definition) is 1. The average molecular weight is 264 g/mol. The highest BCUT2D eigenvalue weighted by atomic mass is 35.5. The molecule has 1 aromatic rings. The van der Waals surface area contributed by atoms with E-state index >= 15 is 0 Å². The predicted molar refractivity (Wildman–Crippen MR) is 63.6 cm³/mol. The van der Waals surface area contributed by atoms with E-state index in [0.29, 0.717) is 12.4 Å². The van der Waals surface area contributed by atoms with Crippen molar-refractivity contribution in [2.75, 3.05) is 12.4 Å². The molecule has 0 spiro atoms. The van der Waals surface area contributed by atoms with Crippen LogP contribution in [0.3, 0.4) is 0 Å². The summed E-state index contributed by atoms with van der Waals surface area (Å²) < 4.78 is 13.1. The fraction of sp³-hybridized carbons (Fsp3) is 0.364. The predicted octanol–water partition coefficient (Wildman–Crippen LogP) is 3.08. The molecular weight excluding hydrogens is 252 g/mol. The van der Waals surface area contributed by atoms with Crippen LogP contribution in [0.2, 0.25) is 5.02 Å². The Bertz CT molecular complexity index is 384. The second-order valence-electron chi connectivity index (χ2n) is 3.60. The van der Waals surface area contributed by atoms with Gasteiger partial charge in [0.1, 0.15) is 5.82 Å². The minimum absolute atomic E-state index is 0.00526. The number of halogens is 3. The number of amides is 1. The first-order valence-corrected chi connectivity index (χ1v) is 5.75. The van der Waals surface area contributed by atoms with Gasteiger partial charge in [0.15, 0.2) is 0 Å². The number of hydrogen-bond donors (Lipinski definition) is 1. The van der Waals surface area contributed by atoms with Crippen LogP contribution in [0.25, 0.3) is 0 Å². The molecule has 1 amide bonds. The van der Waals surface area contributed by atoms with Crippen LogP contribution >= 0.6 is 23.2 Å². The lowest BCUT2D eigenvalue weighted by atomic mass is 10.2. The molecule has 0 aromatic heterocycles. The van der Waals surface area contributed by atoms with Gasteiger partial charge in [0.25, 0.3) is 5.91 Å². The summed E-state index contributed by atoms with van der Waals surface area (Å²) in [6.07, 6.45) is 0. The van der Waals surface area contributed by atoms with Crippen LogP contribution in [0.5, 0.6) is 0 Å². The molecule has 0 saturated carbocycles. The van der Waals surface area contributed by atoms with Crippen molar-refractivity contribution in [2.45, 2.75) is 6.92 Å². The van der Waals surface area contributed by atoms with E-state index < -0.39 is 5.82 Å². The lowest BCUT2D eigenvalue weighted by Gasteiger charge is -2.09. The minimum Gasteiger partial charge on any atom is -0.352 e. The van der Waals surface area contributed by atoms with Gasteiger partial charge in [-0.05, 0) is 24.1 Å². The zero-order chi connectivity index (χ0) is 12.1. The average Bonchev–Trinajstić information content (AvgIpc) is 2.29. The van der Waals surface area contributed by atoms with Crippen molar-refractivity contribution in [2.24, 2.45) is 5.92 Å². The Morgan fingerprint density at radius 3 is 2.81 bits per heavy atom. The van der Waals surface area contributed by atoms with Crippen molar-refractivity contribution in [1.82, 2.24) is 5.32 Å². The highest BCUT2D eigenvalue weighted by Gasteiger charge is 2.09. The van der Waals surface area contributed by atoms with Crippen molar-refractivity contribution >= 4 is 29.1 Å². The molecule has 1 aromatic carbocycles. The fourth-order valence-corrected chi connectivity index (χ4v) is 1.29. The number of benzene rings is 1. The van der Waals surface area contributed by atoms with Gasteiger partial charge in [0.2, 0.25) is 0 Å². The molecule has 5 heteroatoms. The second kappa shape index (κ2) is 6.06. The van der Waals surface area contributed by atoms with Crippen LogP contribution in [-0.4, -0.2) is 18.3 Å². The summed E-state index contributed by atoms with van der Waals surface area (Å²) in [7, 11) is 0. The molecule has 0 aliphatic heterocycles. The Morgan fingerprint density at radius 1 is 1.56 bits per heavy atom. The minimum atomic E-state index is -0.597. The van der Waals surface area contributed by atoms with Crippen molar-refractivity contribution in [3.63, 3.8) is 0 Å². The van der Waals surface area contributed by atoms with E-state index in [0.717, 1.165) is 6.07 Å². The first kappa shape index (κ1) is 13.3. The molecule has 0 aliphatic rings. The lowest BCUT2D eigenvalue weighted by molar-refractivity contribution is 0.0949. The molecule has 0 saturated heterocycles. The van der Waals surface area contributed by atoms with Crippen LogP contribution < -0.4 is 5.32 Å². The maximum Gasteiger partial charge on any atom is 0.251 e. The van der Waals surface area contributed by atoms with Crippen LogP contribution in [0.4, 0.5) is 4.39 Å². The molecule has 1 N–H and O–H groups in total. The zero-order valence-electron chi connectivity index (χ0n) is 8.77. The van der Waals surface area contributed by atoms with Crippen molar-refractivity contribution < 1.29 is 9.18 Å². The highest BCUT2D eigenvalue weighted by Crippen LogP contribution is 2.15. The third-order valence-corrected chi connectivity index (χ3v) is 2.89. The molecule has 2 nitrogen and oxygen atoms in total. The van der Waals surface area contributed by atoms with Crippen molar-refractivity contribution in [3.8, 4) is 0 Å². The van der Waals surface area contributed by atoms with Gasteiger partial charge < -0.3 is 5.32 Å². The van der Waals surface area contributed by atoms with Crippen LogP contribution in [0.15, 0.2) is 18.2 Å². The molecule has 1 atom stereocenters. The van der Waals surface area contributed by atoms with E-state index in [1.54, 1.807) is 0 Å². The molecule has 88 valence electrons. The summed E-state index contributed by atoms with van der Waals surface area (Å²) in [5, 5.41) is 2.67. The van der Waals surface area contributed by atoms with Gasteiger partial charge in [-0.2, -0.15) is 0 Å². The second-order valence-corrected chi connectivity index (χ2v) is 4.31. The molecule has 1 unspecified atom stereocenters. The number of alkyl halides is 1. The molecular formula is C11H12Cl2FNO. The zero-order valence-corrected chi connectivity index (χ0v) is 10.3. The topological polar surface area (TPSA) is 29.1 Å². The quantitative estimate of drug-likeness (QED) is 0.832. The molecule has 0 aliphatic carbocycles. The number of carbonyl (C=O) groups excluding carboxylic acids is 1. The third-order valence-electron chi connectivity index (χ3n) is 2.06. The molecule has 0 radical (unpaired) electrons. The SMILES string of the molecule is CC(CCl)CNC(=O)c1ccc(Cl)c(F)c1. The number of carbonyl (C=O) groups is 1. The Kier molecular flexibility index (Phi) is 5.03. The molecule has 0 fully saturated rings. The Morgan fingerprint density at radius 2 is 2.25 bits per heavy atom. The summed E-state index contributed by atoms with van der Waals surface area (Å²) in [6, 6.07) is 3.95. The molecule has 0 heterocycles. The van der Waals surface area contributed by atoms with E-state index in [-0.39, 0.29) is 22.4 Å². The van der Waals surface area contributed by atoms with Gasteiger partial charge in [0, 0.05) is 18.0 Å². The summed E-state index contributed by atoms with van der Waals surface area (Å²) in [5.74, 6) is -0.273. The summed E-state index contributed by atoms with van der Waals surface area (Å²) in [6.45, 7) is 2.38. The lowest BCUT2D eigenvalue weighted by Crippen LogP contribution is -2.28. The van der Waals surface area contributed by atoms with Gasteiger partial charge in [-0.1, -0.05) is 18.5 Å². The van der Waals surface area contributed by atoms with E-state index in [1.165, 1.54) is 12.1 Å². The number of nitrogens with one attached hydrogen (secondary N) is 1. The monoisotopic (exact) mass is 263 g/mol. The maximum atomic E-state index is 13.1. The Hall–Kier alpha value is -0.800. The van der Waals surface area contributed by atoms with Gasteiger partial charge in [-0.15, -0.1) is 11.6 Å². The largest absolute Gasteiger partial charge is 0.352 e. The van der Waals surface area contributed by atoms with Crippen molar-refractivity contribution in [1.29, 1.82) is 0 Å². The molecule has 1 rings (SSSR count). The standard InChI is InChI=1S/C11H12Cl2FNO/c1-7(5-12)6-15-11(16)8-2-3-9(13)10(14)4-8/h2-4,7H,5-6H2,1H3,(H,15,16). The van der Waals surface area contributed by atoms with Crippen LogP contribution in [-0.2, 0) is 0 Å². The summed E-state index contributed by atoms with van der Waals surface area (Å²) in [4.78, 5) is 11.6. The van der Waals surface area contributed by atoms with E-state index in [4.69, 9.17) is 23.2 Å². The Balaban J connectivity index is 2.63. The van der Waals surface area contributed by atoms with E-state index in [9.17, 15) is 9.18 Å². The smallest absolute Gasteiger partial charge is 0.251 e. The van der Waals surface area contributed by atoms with Gasteiger partial charge in [0.05, 0.1) is 5.02 Å². The van der Waals surface area contributed by atoms with Crippen molar-refractivity contribution in [3.05, 3.63) is 34.6 Å². The highest BCUT2D eigenvalue weighted by molar-refractivity contribution is 6.30. The first-order chi connectivity index (χ1) is 7.54. The first-order valence-electron chi connectivity index (χ1n) is 4.83. The molecule has 0 bridgehead atoms. The summed E-state index contributed by atoms with van der Waals surface area (Å²) in [5.41, 5.74) is 0.253. The fourth-order valence-electron chi connectivity index (χ4n) is 1.06. The van der Waals surface area contributed by atoms with Crippen LogP contribution in [0, 0.1) is 11.7 Å². The maximum absolute atomic E-state index is 13.1.